The van der Waals surface area contributed by atoms with Crippen molar-refractivity contribution < 1.29 is 0 Å². The summed E-state index contributed by atoms with van der Waals surface area (Å²) in [6.07, 6.45) is 0. The molecule has 0 aliphatic rings. The van der Waals surface area contributed by atoms with Crippen molar-refractivity contribution in [2.24, 2.45) is 5.92 Å². The third-order valence-corrected chi connectivity index (χ3v) is 2.82. The zero-order chi connectivity index (χ0) is 12.1. The Balaban J connectivity index is 2.67. The maximum absolute atomic E-state index is 3.54. The maximum Gasteiger partial charge on any atom is 0.0345 e. The average molecular weight is 220 g/mol. The SMILES string of the molecule is CC(C)C(C)Nc1cccc(CN(C)C)c1. The molecule has 0 fully saturated rings. The van der Waals surface area contributed by atoms with Gasteiger partial charge in [-0.1, -0.05) is 26.0 Å². The fraction of sp³-hybridized carbons (Fsp3) is 0.571. The highest BCUT2D eigenvalue weighted by molar-refractivity contribution is 5.46. The molecule has 0 saturated heterocycles. The van der Waals surface area contributed by atoms with Crippen LogP contribution in [0.1, 0.15) is 26.3 Å². The highest BCUT2D eigenvalue weighted by atomic mass is 15.0. The van der Waals surface area contributed by atoms with Crippen LogP contribution in [0.3, 0.4) is 0 Å². The Kier molecular flexibility index (Phi) is 4.81. The molecule has 0 saturated carbocycles. The van der Waals surface area contributed by atoms with Gasteiger partial charge < -0.3 is 10.2 Å². The fourth-order valence-corrected chi connectivity index (χ4v) is 1.55. The average Bonchev–Trinajstić information content (AvgIpc) is 2.16. The molecular formula is C14H24N2. The standard InChI is InChI=1S/C14H24N2/c1-11(2)12(3)15-14-8-6-7-13(9-14)10-16(4)5/h6-9,11-12,15H,10H2,1-5H3. The van der Waals surface area contributed by atoms with Crippen molar-refractivity contribution in [2.45, 2.75) is 33.4 Å². The molecule has 2 nitrogen and oxygen atoms in total. The lowest BCUT2D eigenvalue weighted by Gasteiger charge is -2.19. The van der Waals surface area contributed by atoms with Crippen molar-refractivity contribution >= 4 is 5.69 Å². The van der Waals surface area contributed by atoms with Crippen LogP contribution in [0.15, 0.2) is 24.3 Å². The van der Waals surface area contributed by atoms with Crippen molar-refractivity contribution in [3.8, 4) is 0 Å². The quantitative estimate of drug-likeness (QED) is 0.819. The van der Waals surface area contributed by atoms with Crippen LogP contribution in [0.4, 0.5) is 5.69 Å². The van der Waals surface area contributed by atoms with Gasteiger partial charge in [-0.3, -0.25) is 0 Å². The Bertz CT molecular complexity index is 318. The van der Waals surface area contributed by atoms with E-state index in [1.54, 1.807) is 0 Å². The molecule has 0 aliphatic carbocycles. The first-order chi connectivity index (χ1) is 7.49. The second-order valence-corrected chi connectivity index (χ2v) is 5.12. The summed E-state index contributed by atoms with van der Waals surface area (Å²) in [6.45, 7) is 7.69. The smallest absolute Gasteiger partial charge is 0.0345 e. The summed E-state index contributed by atoms with van der Waals surface area (Å²) in [5, 5.41) is 3.54. The molecule has 1 aromatic rings. The lowest BCUT2D eigenvalue weighted by molar-refractivity contribution is 0.402. The minimum atomic E-state index is 0.509. The molecule has 0 aromatic heterocycles. The summed E-state index contributed by atoms with van der Waals surface area (Å²) in [7, 11) is 4.19. The van der Waals surface area contributed by atoms with Crippen LogP contribution < -0.4 is 5.32 Å². The Hall–Kier alpha value is -1.02. The first kappa shape index (κ1) is 13.0. The van der Waals surface area contributed by atoms with Gasteiger partial charge in [-0.2, -0.15) is 0 Å². The summed E-state index contributed by atoms with van der Waals surface area (Å²) < 4.78 is 0. The van der Waals surface area contributed by atoms with Crippen molar-refractivity contribution in [3.05, 3.63) is 29.8 Å². The van der Waals surface area contributed by atoms with E-state index < -0.39 is 0 Å². The molecule has 0 spiro atoms. The van der Waals surface area contributed by atoms with Gasteiger partial charge in [0.05, 0.1) is 0 Å². The monoisotopic (exact) mass is 220 g/mol. The zero-order valence-corrected chi connectivity index (χ0v) is 11.1. The van der Waals surface area contributed by atoms with Crippen LogP contribution in [-0.4, -0.2) is 25.0 Å². The summed E-state index contributed by atoms with van der Waals surface area (Å²) in [5.41, 5.74) is 2.58. The molecule has 16 heavy (non-hydrogen) atoms. The molecule has 1 rings (SSSR count). The van der Waals surface area contributed by atoms with E-state index in [0.29, 0.717) is 12.0 Å². The zero-order valence-electron chi connectivity index (χ0n) is 11.1. The van der Waals surface area contributed by atoms with Gasteiger partial charge in [0.1, 0.15) is 0 Å². The molecule has 1 aromatic carbocycles. The van der Waals surface area contributed by atoms with Crippen LogP contribution in [0.25, 0.3) is 0 Å². The minimum Gasteiger partial charge on any atom is -0.382 e. The van der Waals surface area contributed by atoms with Crippen LogP contribution >= 0.6 is 0 Å². The Morgan fingerprint density at radius 3 is 2.44 bits per heavy atom. The normalized spacial score (nSPS) is 13.2. The van der Waals surface area contributed by atoms with Crippen molar-refractivity contribution in [1.82, 2.24) is 4.90 Å². The number of anilines is 1. The highest BCUT2D eigenvalue weighted by Gasteiger charge is 2.06. The lowest BCUT2D eigenvalue weighted by Crippen LogP contribution is -2.21. The summed E-state index contributed by atoms with van der Waals surface area (Å²) >= 11 is 0. The largest absolute Gasteiger partial charge is 0.382 e. The molecule has 1 N–H and O–H groups in total. The molecular weight excluding hydrogens is 196 g/mol. The summed E-state index contributed by atoms with van der Waals surface area (Å²) in [4.78, 5) is 2.19. The van der Waals surface area contributed by atoms with Gasteiger partial charge in [0, 0.05) is 18.3 Å². The van der Waals surface area contributed by atoms with Gasteiger partial charge >= 0.3 is 0 Å². The number of rotatable bonds is 5. The maximum atomic E-state index is 3.54. The number of hydrogen-bond donors (Lipinski definition) is 1. The van der Waals surface area contributed by atoms with Gasteiger partial charge in [0.25, 0.3) is 0 Å². The van der Waals surface area contributed by atoms with Gasteiger partial charge in [0.15, 0.2) is 0 Å². The van der Waals surface area contributed by atoms with E-state index in [1.807, 2.05) is 0 Å². The van der Waals surface area contributed by atoms with E-state index in [0.717, 1.165) is 6.54 Å². The predicted molar refractivity (Wildman–Crippen MR) is 71.8 cm³/mol. The van der Waals surface area contributed by atoms with Crippen LogP contribution in [0.2, 0.25) is 0 Å². The molecule has 1 atom stereocenters. The van der Waals surface area contributed by atoms with E-state index in [1.165, 1.54) is 11.3 Å². The van der Waals surface area contributed by atoms with Gasteiger partial charge in [-0.25, -0.2) is 0 Å². The number of benzene rings is 1. The van der Waals surface area contributed by atoms with Gasteiger partial charge in [0.2, 0.25) is 0 Å². The second-order valence-electron chi connectivity index (χ2n) is 5.12. The van der Waals surface area contributed by atoms with Crippen molar-refractivity contribution in [3.63, 3.8) is 0 Å². The minimum absolute atomic E-state index is 0.509. The number of nitrogens with one attached hydrogen (secondary N) is 1. The number of hydrogen-bond acceptors (Lipinski definition) is 2. The summed E-state index contributed by atoms with van der Waals surface area (Å²) in [5.74, 6) is 0.650. The van der Waals surface area contributed by atoms with E-state index in [-0.39, 0.29) is 0 Å². The van der Waals surface area contributed by atoms with E-state index in [4.69, 9.17) is 0 Å². The number of nitrogens with zero attached hydrogens (tertiary/aromatic N) is 1. The molecule has 0 radical (unpaired) electrons. The topological polar surface area (TPSA) is 15.3 Å². The summed E-state index contributed by atoms with van der Waals surface area (Å²) in [6, 6.07) is 9.17. The van der Waals surface area contributed by atoms with Gasteiger partial charge in [-0.05, 0) is 44.6 Å². The second kappa shape index (κ2) is 5.90. The molecule has 90 valence electrons. The van der Waals surface area contributed by atoms with Crippen molar-refractivity contribution in [1.29, 1.82) is 0 Å². The predicted octanol–water partition coefficient (Wildman–Crippen LogP) is 3.20. The third-order valence-electron chi connectivity index (χ3n) is 2.82. The van der Waals surface area contributed by atoms with Crippen LogP contribution in [0.5, 0.6) is 0 Å². The van der Waals surface area contributed by atoms with E-state index in [2.05, 4.69) is 69.3 Å². The highest BCUT2D eigenvalue weighted by Crippen LogP contribution is 2.15. The molecule has 0 aliphatic heterocycles. The van der Waals surface area contributed by atoms with Crippen molar-refractivity contribution in [2.75, 3.05) is 19.4 Å². The Morgan fingerprint density at radius 1 is 1.19 bits per heavy atom. The molecule has 0 heterocycles. The van der Waals surface area contributed by atoms with Gasteiger partial charge in [-0.15, -0.1) is 0 Å². The Labute approximate surface area is 99.7 Å². The fourth-order valence-electron chi connectivity index (χ4n) is 1.55. The van der Waals surface area contributed by atoms with E-state index >= 15 is 0 Å². The van der Waals surface area contributed by atoms with Crippen LogP contribution in [0, 0.1) is 5.92 Å². The van der Waals surface area contributed by atoms with E-state index in [9.17, 15) is 0 Å². The molecule has 0 bridgehead atoms. The van der Waals surface area contributed by atoms with Crippen LogP contribution in [-0.2, 0) is 6.54 Å². The molecule has 2 heteroatoms. The Morgan fingerprint density at radius 2 is 1.88 bits per heavy atom. The first-order valence-corrected chi connectivity index (χ1v) is 5.99. The molecule has 1 unspecified atom stereocenters. The third kappa shape index (κ3) is 4.23. The lowest BCUT2D eigenvalue weighted by atomic mass is 10.1. The molecule has 0 amide bonds. The first-order valence-electron chi connectivity index (χ1n) is 5.99.